The molecule has 0 saturated heterocycles. The van der Waals surface area contributed by atoms with E-state index in [-0.39, 0.29) is 12.0 Å². The third-order valence-electron chi connectivity index (χ3n) is 3.15. The maximum atomic E-state index is 13.0. The molecule has 1 heterocycles. The number of aromatic nitrogens is 3. The largest absolute Gasteiger partial charge is 0.352 e. The predicted molar refractivity (Wildman–Crippen MR) is 78.5 cm³/mol. The summed E-state index contributed by atoms with van der Waals surface area (Å²) < 4.78 is 15.4. The molecule has 0 bridgehead atoms. The number of hydrogen-bond acceptors (Lipinski definition) is 3. The second kappa shape index (κ2) is 5.63. The van der Waals surface area contributed by atoms with Gasteiger partial charge in [-0.1, -0.05) is 13.8 Å². The highest BCUT2D eigenvalue weighted by Gasteiger charge is 2.18. The van der Waals surface area contributed by atoms with E-state index >= 15 is 0 Å². The minimum Gasteiger partial charge on any atom is -0.267 e. The number of hydrogen-bond donors (Lipinski definition) is 0. The quantitative estimate of drug-likeness (QED) is 0.871. The highest BCUT2D eigenvalue weighted by molar-refractivity contribution is 5.32. The van der Waals surface area contributed by atoms with E-state index in [0.29, 0.717) is 11.4 Å². The summed E-state index contributed by atoms with van der Waals surface area (Å²) in [6, 6.07) is 5.08. The molecule has 1 aromatic carbocycles. The third-order valence-corrected chi connectivity index (χ3v) is 3.15. The first kappa shape index (κ1) is 15.2. The zero-order valence-corrected chi connectivity index (χ0v) is 12.5. The molecule has 5 nitrogen and oxygen atoms in total. The van der Waals surface area contributed by atoms with Gasteiger partial charge in [0, 0.05) is 5.92 Å². The van der Waals surface area contributed by atoms with Crippen molar-refractivity contribution in [3.8, 4) is 5.69 Å². The van der Waals surface area contributed by atoms with Gasteiger partial charge in [-0.25, -0.2) is 18.4 Å². The van der Waals surface area contributed by atoms with E-state index in [2.05, 4.69) is 5.10 Å². The van der Waals surface area contributed by atoms with Crippen molar-refractivity contribution in [2.75, 3.05) is 0 Å². The van der Waals surface area contributed by atoms with Gasteiger partial charge in [-0.3, -0.25) is 4.79 Å². The second-order valence-electron chi connectivity index (χ2n) is 5.48. The highest BCUT2D eigenvalue weighted by Crippen LogP contribution is 2.09. The number of nitrogens with zero attached hydrogens (tertiary/aromatic N) is 3. The lowest BCUT2D eigenvalue weighted by Crippen LogP contribution is -2.43. The van der Waals surface area contributed by atoms with Crippen LogP contribution in [0.2, 0.25) is 0 Å². The molecule has 0 unspecified atom stereocenters. The Morgan fingerprint density at radius 1 is 1.05 bits per heavy atom. The van der Waals surface area contributed by atoms with Crippen LogP contribution in [0.15, 0.2) is 33.9 Å². The summed E-state index contributed by atoms with van der Waals surface area (Å²) in [4.78, 5) is 24.9. The van der Waals surface area contributed by atoms with E-state index in [1.54, 1.807) is 0 Å². The molecule has 0 aliphatic carbocycles. The van der Waals surface area contributed by atoms with E-state index in [4.69, 9.17) is 0 Å². The zero-order valence-electron chi connectivity index (χ0n) is 12.5. The third kappa shape index (κ3) is 2.79. The molecule has 21 heavy (non-hydrogen) atoms. The average Bonchev–Trinajstić information content (AvgIpc) is 2.40. The monoisotopic (exact) mass is 291 g/mol. The van der Waals surface area contributed by atoms with Crippen molar-refractivity contribution in [3.05, 3.63) is 56.6 Å². The van der Waals surface area contributed by atoms with Crippen molar-refractivity contribution < 1.29 is 4.39 Å². The van der Waals surface area contributed by atoms with Crippen molar-refractivity contribution in [1.82, 2.24) is 14.3 Å². The Balaban J connectivity index is 2.83. The Morgan fingerprint density at radius 2 is 1.62 bits per heavy atom. The summed E-state index contributed by atoms with van der Waals surface area (Å²) in [6.45, 7) is 7.32. The molecule has 0 amide bonds. The molecule has 0 atom stereocenters. The van der Waals surface area contributed by atoms with Crippen LogP contribution in [0.25, 0.3) is 5.69 Å². The minimum absolute atomic E-state index is 0.116. The predicted octanol–water partition coefficient (Wildman–Crippen LogP) is 2.24. The normalized spacial score (nSPS) is 11.4. The molecule has 0 spiro atoms. The van der Waals surface area contributed by atoms with Gasteiger partial charge in [0.2, 0.25) is 0 Å². The molecule has 2 rings (SSSR count). The van der Waals surface area contributed by atoms with E-state index in [1.165, 1.54) is 28.9 Å². The smallest absolute Gasteiger partial charge is 0.267 e. The van der Waals surface area contributed by atoms with Crippen molar-refractivity contribution in [1.29, 1.82) is 0 Å². The standard InChI is InChI=1S/C15H18FN3O2/c1-9(2)13-14(20)18(12-7-5-11(16)6-8-12)15(21)19(17-13)10(3)4/h5-10H,1-4H3. The van der Waals surface area contributed by atoms with Crippen molar-refractivity contribution in [2.24, 2.45) is 0 Å². The molecule has 112 valence electrons. The van der Waals surface area contributed by atoms with Gasteiger partial charge in [0.05, 0.1) is 11.7 Å². The van der Waals surface area contributed by atoms with Gasteiger partial charge in [-0.2, -0.15) is 5.10 Å². The molecule has 0 fully saturated rings. The fourth-order valence-electron chi connectivity index (χ4n) is 2.02. The number of rotatable bonds is 3. The molecule has 0 radical (unpaired) electrons. The Kier molecular flexibility index (Phi) is 4.06. The molecular formula is C15H18FN3O2. The summed E-state index contributed by atoms with van der Waals surface area (Å²) in [6.07, 6.45) is 0. The van der Waals surface area contributed by atoms with Gasteiger partial charge in [0.1, 0.15) is 11.5 Å². The summed E-state index contributed by atoms with van der Waals surface area (Å²) in [5, 5.41) is 4.17. The minimum atomic E-state index is -0.522. The summed E-state index contributed by atoms with van der Waals surface area (Å²) in [5.74, 6) is -0.538. The van der Waals surface area contributed by atoms with Crippen molar-refractivity contribution in [3.63, 3.8) is 0 Å². The van der Waals surface area contributed by atoms with Crippen LogP contribution in [0.5, 0.6) is 0 Å². The first-order valence-electron chi connectivity index (χ1n) is 6.84. The van der Waals surface area contributed by atoms with E-state index in [1.807, 2.05) is 27.7 Å². The van der Waals surface area contributed by atoms with Crippen LogP contribution >= 0.6 is 0 Å². The molecule has 0 N–H and O–H groups in total. The van der Waals surface area contributed by atoms with Crippen LogP contribution in [0.3, 0.4) is 0 Å². The first-order chi connectivity index (χ1) is 9.82. The Bertz CT molecular complexity index is 718. The average molecular weight is 291 g/mol. The van der Waals surface area contributed by atoms with Gasteiger partial charge in [-0.15, -0.1) is 0 Å². The lowest BCUT2D eigenvalue weighted by Gasteiger charge is -2.15. The SMILES string of the molecule is CC(C)c1nn(C(C)C)c(=O)n(-c2ccc(F)cc2)c1=O. The van der Waals surface area contributed by atoms with Crippen molar-refractivity contribution >= 4 is 0 Å². The topological polar surface area (TPSA) is 56.9 Å². The molecular weight excluding hydrogens is 273 g/mol. The van der Waals surface area contributed by atoms with Crippen molar-refractivity contribution in [2.45, 2.75) is 39.7 Å². The van der Waals surface area contributed by atoms with Crippen LogP contribution in [-0.4, -0.2) is 14.3 Å². The van der Waals surface area contributed by atoms with Crippen LogP contribution in [-0.2, 0) is 0 Å². The van der Waals surface area contributed by atoms with E-state index in [0.717, 1.165) is 4.57 Å². The van der Waals surface area contributed by atoms with Crippen LogP contribution < -0.4 is 11.2 Å². The molecule has 6 heteroatoms. The Morgan fingerprint density at radius 3 is 2.10 bits per heavy atom. The lowest BCUT2D eigenvalue weighted by molar-refractivity contribution is 0.456. The van der Waals surface area contributed by atoms with Gasteiger partial charge in [0.15, 0.2) is 0 Å². The van der Waals surface area contributed by atoms with Gasteiger partial charge in [0.25, 0.3) is 5.56 Å². The molecule has 1 aromatic heterocycles. The van der Waals surface area contributed by atoms with Crippen LogP contribution in [0.1, 0.15) is 45.3 Å². The number of benzene rings is 1. The lowest BCUT2D eigenvalue weighted by atomic mass is 10.1. The fourth-order valence-corrected chi connectivity index (χ4v) is 2.02. The number of halogens is 1. The maximum Gasteiger partial charge on any atom is 0.352 e. The summed E-state index contributed by atoms with van der Waals surface area (Å²) >= 11 is 0. The van der Waals surface area contributed by atoms with E-state index in [9.17, 15) is 14.0 Å². The fraction of sp³-hybridized carbons (Fsp3) is 0.400. The highest BCUT2D eigenvalue weighted by atomic mass is 19.1. The molecule has 0 aliphatic rings. The van der Waals surface area contributed by atoms with Crippen LogP contribution in [0, 0.1) is 5.82 Å². The summed E-state index contributed by atoms with van der Waals surface area (Å²) in [7, 11) is 0. The Labute approximate surface area is 121 Å². The molecule has 0 aliphatic heterocycles. The maximum absolute atomic E-state index is 13.0. The molecule has 0 saturated carbocycles. The zero-order chi connectivity index (χ0) is 15.7. The van der Waals surface area contributed by atoms with Gasteiger partial charge < -0.3 is 0 Å². The van der Waals surface area contributed by atoms with Gasteiger partial charge in [-0.05, 0) is 38.1 Å². The summed E-state index contributed by atoms with van der Waals surface area (Å²) in [5.41, 5.74) is -0.331. The van der Waals surface area contributed by atoms with Gasteiger partial charge >= 0.3 is 5.69 Å². The second-order valence-corrected chi connectivity index (χ2v) is 5.48. The Hall–Kier alpha value is -2.24. The van der Waals surface area contributed by atoms with Crippen LogP contribution in [0.4, 0.5) is 4.39 Å². The van der Waals surface area contributed by atoms with E-state index < -0.39 is 17.1 Å². The molecule has 2 aromatic rings. The first-order valence-corrected chi connectivity index (χ1v) is 6.84.